The zero-order valence-electron chi connectivity index (χ0n) is 9.02. The van der Waals surface area contributed by atoms with Crippen LogP contribution in [0.25, 0.3) is 0 Å². The van der Waals surface area contributed by atoms with Gasteiger partial charge in [-0.15, -0.1) is 12.5 Å². The lowest BCUT2D eigenvalue weighted by Gasteiger charge is -2.13. The van der Waals surface area contributed by atoms with E-state index in [4.69, 9.17) is 4.43 Å². The summed E-state index contributed by atoms with van der Waals surface area (Å²) in [5.74, 6) is 6.12. The van der Waals surface area contributed by atoms with Crippen LogP contribution in [0.4, 0.5) is 0 Å². The van der Waals surface area contributed by atoms with Gasteiger partial charge in [-0.3, -0.25) is 0 Å². The molecule has 0 amide bonds. The molecular formula is C11H20OSi. The maximum absolute atomic E-state index is 5.58. The predicted molar refractivity (Wildman–Crippen MR) is 61.1 cm³/mol. The van der Waals surface area contributed by atoms with E-state index < -0.39 is 8.32 Å². The topological polar surface area (TPSA) is 9.23 Å². The largest absolute Gasteiger partial charge is 0.407 e. The van der Waals surface area contributed by atoms with Gasteiger partial charge >= 0.3 is 0 Å². The summed E-state index contributed by atoms with van der Waals surface area (Å²) in [7, 11) is -1.35. The highest BCUT2D eigenvalue weighted by Gasteiger charge is 2.12. The van der Waals surface area contributed by atoms with Gasteiger partial charge in [-0.1, -0.05) is 12.0 Å². The molecule has 0 saturated heterocycles. The highest BCUT2D eigenvalue weighted by atomic mass is 28.4. The van der Waals surface area contributed by atoms with Crippen molar-refractivity contribution in [3.05, 3.63) is 12.7 Å². The zero-order valence-corrected chi connectivity index (χ0v) is 10.0. The Morgan fingerprint density at radius 2 is 2.00 bits per heavy atom. The Morgan fingerprint density at radius 1 is 1.31 bits per heavy atom. The van der Waals surface area contributed by atoms with E-state index in [1.54, 1.807) is 0 Å². The van der Waals surface area contributed by atoms with Gasteiger partial charge in [-0.25, -0.2) is 0 Å². The molecule has 0 atom stereocenters. The molecule has 0 aromatic rings. The molecule has 0 fully saturated rings. The molecule has 0 bridgehead atoms. The van der Waals surface area contributed by atoms with Crippen LogP contribution in [-0.4, -0.2) is 14.9 Å². The highest BCUT2D eigenvalue weighted by Crippen LogP contribution is 2.00. The number of rotatable bonds is 5. The van der Waals surface area contributed by atoms with E-state index in [9.17, 15) is 0 Å². The normalized spacial score (nSPS) is 10.4. The molecule has 0 unspecified atom stereocenters. The van der Waals surface area contributed by atoms with Gasteiger partial charge in [-0.05, 0) is 32.5 Å². The first-order valence-electron chi connectivity index (χ1n) is 4.77. The molecule has 0 spiro atoms. The van der Waals surface area contributed by atoms with Gasteiger partial charge in [0.05, 0.1) is 6.61 Å². The molecule has 1 nitrogen and oxygen atoms in total. The molecule has 0 aliphatic rings. The van der Waals surface area contributed by atoms with Gasteiger partial charge in [0.25, 0.3) is 0 Å². The van der Waals surface area contributed by atoms with Gasteiger partial charge < -0.3 is 4.43 Å². The van der Waals surface area contributed by atoms with E-state index in [0.717, 1.165) is 19.3 Å². The summed E-state index contributed by atoms with van der Waals surface area (Å²) in [6.07, 6.45) is 5.06. The van der Waals surface area contributed by atoms with Crippen molar-refractivity contribution in [2.45, 2.75) is 38.9 Å². The summed E-state index contributed by atoms with van der Waals surface area (Å²) in [5, 5.41) is 0. The van der Waals surface area contributed by atoms with Gasteiger partial charge in [0.15, 0.2) is 8.32 Å². The maximum Gasteiger partial charge on any atom is 0.185 e. The van der Waals surface area contributed by atoms with Crippen LogP contribution in [0.3, 0.4) is 0 Å². The monoisotopic (exact) mass is 196 g/mol. The second kappa shape index (κ2) is 6.94. The third-order valence-corrected chi connectivity index (χ3v) is 2.42. The first-order valence-corrected chi connectivity index (χ1v) is 8.17. The van der Waals surface area contributed by atoms with Crippen LogP contribution in [0, 0.1) is 11.8 Å². The van der Waals surface area contributed by atoms with E-state index in [0.29, 0.717) is 6.61 Å². The minimum Gasteiger partial charge on any atom is -0.407 e. The number of unbranched alkanes of at least 4 members (excludes halogenated alkanes) is 2. The van der Waals surface area contributed by atoms with Crippen molar-refractivity contribution < 1.29 is 4.43 Å². The Kier molecular flexibility index (Phi) is 6.66. The minimum absolute atomic E-state index is 0.601. The molecule has 0 aliphatic carbocycles. The molecule has 2 heteroatoms. The van der Waals surface area contributed by atoms with Gasteiger partial charge in [-0.2, -0.15) is 0 Å². The third kappa shape index (κ3) is 11.5. The van der Waals surface area contributed by atoms with E-state index in [1.165, 1.54) is 0 Å². The lowest BCUT2D eigenvalue weighted by molar-refractivity contribution is 0.365. The Balaban J connectivity index is 3.35. The van der Waals surface area contributed by atoms with Crippen LogP contribution in [0.1, 0.15) is 19.3 Å². The lowest BCUT2D eigenvalue weighted by Crippen LogP contribution is -2.25. The average Bonchev–Trinajstić information content (AvgIpc) is 2.01. The fraction of sp³-hybridized carbons (Fsp3) is 0.636. The van der Waals surface area contributed by atoms with Gasteiger partial charge in [0.1, 0.15) is 0 Å². The number of hydrogen-bond acceptors (Lipinski definition) is 1. The molecule has 0 aromatic heterocycles. The molecule has 0 aliphatic heterocycles. The van der Waals surface area contributed by atoms with Crippen molar-refractivity contribution in [2.75, 3.05) is 6.61 Å². The van der Waals surface area contributed by atoms with Gasteiger partial charge in [0.2, 0.25) is 0 Å². The predicted octanol–water partition coefficient (Wildman–Crippen LogP) is 3.20. The fourth-order valence-corrected chi connectivity index (χ4v) is 1.23. The summed E-state index contributed by atoms with van der Waals surface area (Å²) in [5.41, 5.74) is 0. The molecule has 0 aromatic carbocycles. The van der Waals surface area contributed by atoms with Crippen LogP contribution < -0.4 is 0 Å². The first-order chi connectivity index (χ1) is 6.06. The van der Waals surface area contributed by atoms with Crippen LogP contribution in [0.15, 0.2) is 12.7 Å². The summed E-state index contributed by atoms with van der Waals surface area (Å²) < 4.78 is 5.58. The van der Waals surface area contributed by atoms with Crippen molar-refractivity contribution in [2.24, 2.45) is 0 Å². The number of allylic oxidation sites excluding steroid dienone is 1. The molecule has 74 valence electrons. The second-order valence-electron chi connectivity index (χ2n) is 3.94. The van der Waals surface area contributed by atoms with Crippen LogP contribution in [0.5, 0.6) is 0 Å². The van der Waals surface area contributed by atoms with E-state index in [-0.39, 0.29) is 0 Å². The van der Waals surface area contributed by atoms with E-state index in [2.05, 4.69) is 38.1 Å². The second-order valence-corrected chi connectivity index (χ2v) is 8.45. The summed E-state index contributed by atoms with van der Waals surface area (Å²) >= 11 is 0. The Morgan fingerprint density at radius 3 is 2.54 bits per heavy atom. The van der Waals surface area contributed by atoms with Crippen molar-refractivity contribution in [3.8, 4) is 11.8 Å². The third-order valence-electron chi connectivity index (χ3n) is 1.41. The zero-order chi connectivity index (χ0) is 10.2. The SMILES string of the molecule is C=CCCCC#CCO[Si](C)(C)C. The molecule has 0 saturated carbocycles. The molecular weight excluding hydrogens is 176 g/mol. The van der Waals surface area contributed by atoms with Crippen molar-refractivity contribution in [3.63, 3.8) is 0 Å². The van der Waals surface area contributed by atoms with Crippen molar-refractivity contribution in [1.82, 2.24) is 0 Å². The first kappa shape index (κ1) is 12.5. The fourth-order valence-electron chi connectivity index (χ4n) is 0.727. The van der Waals surface area contributed by atoms with Gasteiger partial charge in [0, 0.05) is 6.42 Å². The van der Waals surface area contributed by atoms with Crippen LogP contribution in [-0.2, 0) is 4.43 Å². The average molecular weight is 196 g/mol. The molecule has 0 heterocycles. The summed E-state index contributed by atoms with van der Waals surface area (Å²) in [6, 6.07) is 0. The van der Waals surface area contributed by atoms with E-state index >= 15 is 0 Å². The van der Waals surface area contributed by atoms with Crippen LogP contribution in [0.2, 0.25) is 19.6 Å². The molecule has 13 heavy (non-hydrogen) atoms. The smallest absolute Gasteiger partial charge is 0.185 e. The highest BCUT2D eigenvalue weighted by molar-refractivity contribution is 6.69. The molecule has 0 rings (SSSR count). The maximum atomic E-state index is 5.58. The standard InChI is InChI=1S/C11H20OSi/c1-5-6-7-8-9-10-11-12-13(2,3)4/h5H,1,6-8,11H2,2-4H3. The molecule has 0 N–H and O–H groups in total. The summed E-state index contributed by atoms with van der Waals surface area (Å²) in [4.78, 5) is 0. The Hall–Kier alpha value is -0.523. The summed E-state index contributed by atoms with van der Waals surface area (Å²) in [6.45, 7) is 10.8. The quantitative estimate of drug-likeness (QED) is 0.284. The number of hydrogen-bond donors (Lipinski definition) is 0. The lowest BCUT2D eigenvalue weighted by atomic mass is 10.2. The van der Waals surface area contributed by atoms with E-state index in [1.807, 2.05) is 6.08 Å². The minimum atomic E-state index is -1.35. The molecule has 0 radical (unpaired) electrons. The van der Waals surface area contributed by atoms with Crippen molar-refractivity contribution in [1.29, 1.82) is 0 Å². The Labute approximate surface area is 83.3 Å². The Bertz CT molecular complexity index is 192. The van der Waals surface area contributed by atoms with Crippen molar-refractivity contribution >= 4 is 8.32 Å². The van der Waals surface area contributed by atoms with Crippen LogP contribution >= 0.6 is 0 Å².